The SMILES string of the molecule is C=C(CC)CC(N)C1COc2ccccc2C1. The van der Waals surface area contributed by atoms with Crippen LogP contribution >= 0.6 is 0 Å². The van der Waals surface area contributed by atoms with Crippen molar-refractivity contribution in [3.63, 3.8) is 0 Å². The molecule has 1 aromatic carbocycles. The van der Waals surface area contributed by atoms with Gasteiger partial charge >= 0.3 is 0 Å². The van der Waals surface area contributed by atoms with Crippen LogP contribution in [-0.2, 0) is 6.42 Å². The largest absolute Gasteiger partial charge is 0.493 e. The topological polar surface area (TPSA) is 35.2 Å². The Hall–Kier alpha value is -1.28. The second-order valence-corrected chi connectivity index (χ2v) is 4.85. The van der Waals surface area contributed by atoms with Gasteiger partial charge in [0.25, 0.3) is 0 Å². The summed E-state index contributed by atoms with van der Waals surface area (Å²) in [6, 6.07) is 8.39. The molecule has 0 amide bonds. The van der Waals surface area contributed by atoms with E-state index in [1.54, 1.807) is 0 Å². The molecule has 1 aromatic rings. The molecule has 2 heteroatoms. The number of benzene rings is 1. The van der Waals surface area contributed by atoms with Crippen molar-refractivity contribution in [2.75, 3.05) is 6.61 Å². The van der Waals surface area contributed by atoms with Crippen LogP contribution in [0.25, 0.3) is 0 Å². The Morgan fingerprint density at radius 2 is 2.29 bits per heavy atom. The van der Waals surface area contributed by atoms with Crippen molar-refractivity contribution in [1.29, 1.82) is 0 Å². The molecule has 92 valence electrons. The normalized spacial score (nSPS) is 20.2. The molecule has 0 spiro atoms. The fourth-order valence-electron chi connectivity index (χ4n) is 2.27. The van der Waals surface area contributed by atoms with E-state index in [1.165, 1.54) is 11.1 Å². The van der Waals surface area contributed by atoms with Crippen LogP contribution in [0.5, 0.6) is 5.75 Å². The summed E-state index contributed by atoms with van der Waals surface area (Å²) in [6.45, 7) is 6.89. The molecule has 0 saturated carbocycles. The average molecular weight is 231 g/mol. The third-order valence-corrected chi connectivity index (χ3v) is 3.54. The van der Waals surface area contributed by atoms with Gasteiger partial charge in [0.15, 0.2) is 0 Å². The first kappa shape index (κ1) is 12.2. The number of nitrogens with two attached hydrogens (primary N) is 1. The van der Waals surface area contributed by atoms with Crippen molar-refractivity contribution < 1.29 is 4.74 Å². The zero-order valence-electron chi connectivity index (χ0n) is 10.5. The Morgan fingerprint density at radius 1 is 1.53 bits per heavy atom. The fraction of sp³-hybridized carbons (Fsp3) is 0.467. The van der Waals surface area contributed by atoms with Crippen molar-refractivity contribution in [1.82, 2.24) is 0 Å². The van der Waals surface area contributed by atoms with Gasteiger partial charge in [-0.25, -0.2) is 0 Å². The van der Waals surface area contributed by atoms with Gasteiger partial charge in [-0.2, -0.15) is 0 Å². The van der Waals surface area contributed by atoms with E-state index in [-0.39, 0.29) is 6.04 Å². The molecule has 0 fully saturated rings. The van der Waals surface area contributed by atoms with Gasteiger partial charge < -0.3 is 10.5 Å². The average Bonchev–Trinajstić information content (AvgIpc) is 2.38. The minimum absolute atomic E-state index is 0.163. The van der Waals surface area contributed by atoms with E-state index in [0.717, 1.165) is 31.6 Å². The van der Waals surface area contributed by atoms with E-state index in [4.69, 9.17) is 10.5 Å². The van der Waals surface area contributed by atoms with Crippen LogP contribution < -0.4 is 10.5 Å². The third kappa shape index (κ3) is 2.89. The van der Waals surface area contributed by atoms with Crippen molar-refractivity contribution in [2.24, 2.45) is 11.7 Å². The first-order chi connectivity index (χ1) is 8.20. The highest BCUT2D eigenvalue weighted by Crippen LogP contribution is 2.29. The molecule has 0 saturated heterocycles. The summed E-state index contributed by atoms with van der Waals surface area (Å²) in [6.07, 6.45) is 2.94. The van der Waals surface area contributed by atoms with Crippen LogP contribution in [-0.4, -0.2) is 12.6 Å². The van der Waals surface area contributed by atoms with Crippen LogP contribution in [0.4, 0.5) is 0 Å². The molecular weight excluding hydrogens is 210 g/mol. The molecule has 2 rings (SSSR count). The monoisotopic (exact) mass is 231 g/mol. The van der Waals surface area contributed by atoms with Crippen molar-refractivity contribution in [2.45, 2.75) is 32.2 Å². The van der Waals surface area contributed by atoms with Gasteiger partial charge in [0.05, 0.1) is 6.61 Å². The molecule has 2 N–H and O–H groups in total. The summed E-state index contributed by atoms with van der Waals surface area (Å²) in [5.74, 6) is 1.43. The molecule has 17 heavy (non-hydrogen) atoms. The van der Waals surface area contributed by atoms with Crippen LogP contribution in [0.1, 0.15) is 25.3 Å². The summed E-state index contributed by atoms with van der Waals surface area (Å²) in [7, 11) is 0. The van der Waals surface area contributed by atoms with E-state index < -0.39 is 0 Å². The van der Waals surface area contributed by atoms with Gasteiger partial charge in [0, 0.05) is 12.0 Å². The number of ether oxygens (including phenoxy) is 1. The quantitative estimate of drug-likeness (QED) is 0.809. The Kier molecular flexibility index (Phi) is 3.85. The fourth-order valence-corrected chi connectivity index (χ4v) is 2.27. The van der Waals surface area contributed by atoms with E-state index in [1.807, 2.05) is 12.1 Å². The van der Waals surface area contributed by atoms with Crippen LogP contribution in [0, 0.1) is 5.92 Å². The molecule has 0 radical (unpaired) electrons. The van der Waals surface area contributed by atoms with Gasteiger partial charge in [-0.1, -0.05) is 37.3 Å². The Balaban J connectivity index is 2.00. The summed E-state index contributed by atoms with van der Waals surface area (Å²) in [4.78, 5) is 0. The standard InChI is InChI=1S/C15H21NO/c1-3-11(2)8-14(16)13-9-12-6-4-5-7-15(12)17-10-13/h4-7,13-14H,2-3,8-10,16H2,1H3. The minimum Gasteiger partial charge on any atom is -0.493 e. The van der Waals surface area contributed by atoms with Crippen LogP contribution in [0.2, 0.25) is 0 Å². The number of para-hydroxylation sites is 1. The van der Waals surface area contributed by atoms with Crippen molar-refractivity contribution >= 4 is 0 Å². The predicted octanol–water partition coefficient (Wildman–Crippen LogP) is 2.92. The highest BCUT2D eigenvalue weighted by molar-refractivity contribution is 5.35. The second-order valence-electron chi connectivity index (χ2n) is 4.85. The Bertz CT molecular complexity index is 400. The Morgan fingerprint density at radius 3 is 3.06 bits per heavy atom. The minimum atomic E-state index is 0.163. The number of rotatable bonds is 4. The number of hydrogen-bond acceptors (Lipinski definition) is 2. The zero-order chi connectivity index (χ0) is 12.3. The zero-order valence-corrected chi connectivity index (χ0v) is 10.5. The molecular formula is C15H21NO. The molecule has 0 bridgehead atoms. The van der Waals surface area contributed by atoms with E-state index >= 15 is 0 Å². The maximum Gasteiger partial charge on any atom is 0.122 e. The van der Waals surface area contributed by atoms with Gasteiger partial charge in [-0.05, 0) is 30.9 Å². The smallest absolute Gasteiger partial charge is 0.122 e. The van der Waals surface area contributed by atoms with Gasteiger partial charge in [-0.3, -0.25) is 0 Å². The lowest BCUT2D eigenvalue weighted by atomic mass is 9.87. The number of fused-ring (bicyclic) bond motifs is 1. The molecule has 2 unspecified atom stereocenters. The Labute approximate surface area is 103 Å². The molecule has 2 nitrogen and oxygen atoms in total. The second kappa shape index (κ2) is 5.37. The maximum absolute atomic E-state index is 6.24. The lowest BCUT2D eigenvalue weighted by Crippen LogP contribution is -2.37. The summed E-state index contributed by atoms with van der Waals surface area (Å²) in [5, 5.41) is 0. The van der Waals surface area contributed by atoms with E-state index in [2.05, 4.69) is 25.6 Å². The van der Waals surface area contributed by atoms with Gasteiger partial charge in [0.1, 0.15) is 5.75 Å². The molecule has 0 aromatic heterocycles. The van der Waals surface area contributed by atoms with E-state index in [0.29, 0.717) is 5.92 Å². The highest BCUT2D eigenvalue weighted by Gasteiger charge is 2.24. The van der Waals surface area contributed by atoms with E-state index in [9.17, 15) is 0 Å². The highest BCUT2D eigenvalue weighted by atomic mass is 16.5. The molecule has 0 aliphatic carbocycles. The summed E-state index contributed by atoms with van der Waals surface area (Å²) in [5.41, 5.74) is 8.75. The summed E-state index contributed by atoms with van der Waals surface area (Å²) < 4.78 is 5.76. The predicted molar refractivity (Wildman–Crippen MR) is 71.2 cm³/mol. The first-order valence-corrected chi connectivity index (χ1v) is 6.33. The maximum atomic E-state index is 6.24. The number of hydrogen-bond donors (Lipinski definition) is 1. The molecule has 1 aliphatic heterocycles. The lowest BCUT2D eigenvalue weighted by molar-refractivity contribution is 0.198. The van der Waals surface area contributed by atoms with Gasteiger partial charge in [-0.15, -0.1) is 0 Å². The molecule has 2 atom stereocenters. The lowest BCUT2D eigenvalue weighted by Gasteiger charge is -2.29. The van der Waals surface area contributed by atoms with Crippen LogP contribution in [0.15, 0.2) is 36.4 Å². The van der Waals surface area contributed by atoms with Crippen LogP contribution in [0.3, 0.4) is 0 Å². The first-order valence-electron chi connectivity index (χ1n) is 6.33. The third-order valence-electron chi connectivity index (χ3n) is 3.54. The molecule has 1 aliphatic rings. The van der Waals surface area contributed by atoms with Crippen molar-refractivity contribution in [3.8, 4) is 5.75 Å². The summed E-state index contributed by atoms with van der Waals surface area (Å²) >= 11 is 0. The van der Waals surface area contributed by atoms with Gasteiger partial charge in [0.2, 0.25) is 0 Å². The molecule has 1 heterocycles. The van der Waals surface area contributed by atoms with Crippen molar-refractivity contribution in [3.05, 3.63) is 42.0 Å².